The number of hydrogen-bond donors (Lipinski definition) is 2. The van der Waals surface area contributed by atoms with Gasteiger partial charge in [0, 0.05) is 20.1 Å². The molecule has 2 unspecified atom stereocenters. The molecule has 10 heteroatoms. The molecule has 0 saturated carbocycles. The number of phosphoric ester groups is 1. The van der Waals surface area contributed by atoms with E-state index in [2.05, 4.69) is 19.7 Å². The highest BCUT2D eigenvalue weighted by Crippen LogP contribution is 2.36. The van der Waals surface area contributed by atoms with E-state index in [9.17, 15) is 23.8 Å². The highest BCUT2D eigenvalue weighted by Gasteiger charge is 2.18. The van der Waals surface area contributed by atoms with Gasteiger partial charge in [-0.05, 0) is 26.7 Å². The Morgan fingerprint density at radius 3 is 2.30 bits per heavy atom. The number of Topliss-reactive ketones (excluding diaryl/α,β-unsaturated/α-hetero) is 2. The summed E-state index contributed by atoms with van der Waals surface area (Å²) in [5, 5.41) is 4.91. The molecular weight excluding hydrogens is 327 g/mol. The Morgan fingerprint density at radius 2 is 1.83 bits per heavy atom. The predicted molar refractivity (Wildman–Crippen MR) is 82.8 cm³/mol. The normalized spacial score (nSPS) is 14.1. The number of unbranched alkanes of at least 4 members (excludes halogenated alkanes) is 1. The van der Waals surface area contributed by atoms with Crippen LogP contribution in [-0.4, -0.2) is 43.9 Å². The molecule has 0 aromatic carbocycles. The van der Waals surface area contributed by atoms with E-state index in [1.807, 2.05) is 0 Å². The fourth-order valence-electron chi connectivity index (χ4n) is 1.45. The van der Waals surface area contributed by atoms with Crippen molar-refractivity contribution in [2.75, 3.05) is 20.3 Å². The van der Waals surface area contributed by atoms with Crippen LogP contribution in [0.5, 0.6) is 0 Å². The lowest BCUT2D eigenvalue weighted by atomic mass is 10.1. The van der Waals surface area contributed by atoms with Crippen LogP contribution in [0.4, 0.5) is 4.79 Å². The van der Waals surface area contributed by atoms with Crippen molar-refractivity contribution in [3.8, 4) is 0 Å². The van der Waals surface area contributed by atoms with E-state index < -0.39 is 19.9 Å². The van der Waals surface area contributed by atoms with Crippen molar-refractivity contribution in [2.24, 2.45) is 0 Å². The second-order valence-electron chi connectivity index (χ2n) is 4.64. The average Bonchev–Trinajstić information content (AvgIpc) is 2.41. The van der Waals surface area contributed by atoms with E-state index in [0.29, 0.717) is 12.8 Å². The molecule has 0 aromatic rings. The van der Waals surface area contributed by atoms with Crippen molar-refractivity contribution >= 4 is 25.4 Å². The number of rotatable bonds is 11. The lowest BCUT2D eigenvalue weighted by Crippen LogP contribution is -2.46. The minimum atomic E-state index is -4.20. The van der Waals surface area contributed by atoms with Crippen LogP contribution in [0.3, 0.4) is 0 Å². The summed E-state index contributed by atoms with van der Waals surface area (Å²) in [5.41, 5.74) is 0. The van der Waals surface area contributed by atoms with E-state index in [4.69, 9.17) is 0 Å². The number of ketones is 2. The van der Waals surface area contributed by atoms with Crippen LogP contribution < -0.4 is 15.5 Å². The second kappa shape index (κ2) is 12.2. The first-order valence-corrected chi connectivity index (χ1v) is 8.19. The summed E-state index contributed by atoms with van der Waals surface area (Å²) in [7, 11) is -3.20. The zero-order chi connectivity index (χ0) is 17.2. The fraction of sp³-hybridized carbons (Fsp3) is 0.769. The topological polar surface area (TPSA) is 134 Å². The number of phosphoric acid groups is 1. The van der Waals surface area contributed by atoms with Crippen LogP contribution >= 0.6 is 7.82 Å². The molecule has 23 heavy (non-hydrogen) atoms. The zero-order valence-electron chi connectivity index (χ0n) is 12.9. The number of amides is 2. The van der Waals surface area contributed by atoms with E-state index in [0.717, 1.165) is 7.11 Å². The van der Waals surface area contributed by atoms with Crippen LogP contribution in [0.15, 0.2) is 0 Å². The highest BCUT2D eigenvalue weighted by molar-refractivity contribution is 7.45. The Morgan fingerprint density at radius 1 is 1.22 bits per heavy atom. The Labute approximate surface area is 136 Å². The van der Waals surface area contributed by atoms with Gasteiger partial charge in [-0.15, -0.1) is 0 Å². The van der Waals surface area contributed by atoms with Gasteiger partial charge >= 0.3 is 6.03 Å². The molecule has 9 nitrogen and oxygen atoms in total. The van der Waals surface area contributed by atoms with Crippen LogP contribution in [-0.2, 0) is 23.2 Å². The van der Waals surface area contributed by atoms with Crippen LogP contribution in [0, 0.1) is 0 Å². The largest absolute Gasteiger partial charge is 0.756 e. The van der Waals surface area contributed by atoms with Crippen molar-refractivity contribution in [3.63, 3.8) is 0 Å². The third kappa shape index (κ3) is 12.9. The Balaban J connectivity index is 0. The van der Waals surface area contributed by atoms with Gasteiger partial charge in [-0.25, -0.2) is 4.79 Å². The molecule has 0 heterocycles. The highest BCUT2D eigenvalue weighted by atomic mass is 31.2. The molecule has 0 saturated heterocycles. The van der Waals surface area contributed by atoms with Crippen LogP contribution in [0.2, 0.25) is 0 Å². The summed E-state index contributed by atoms with van der Waals surface area (Å²) in [4.78, 5) is 44.7. The first kappa shape index (κ1) is 24.0. The van der Waals surface area contributed by atoms with Gasteiger partial charge in [-0.3, -0.25) is 14.2 Å². The minimum absolute atomic E-state index is 0. The maximum absolute atomic E-state index is 11.5. The summed E-state index contributed by atoms with van der Waals surface area (Å²) in [6.07, 6.45) is 0.834. The third-order valence-corrected chi connectivity index (χ3v) is 3.56. The molecular formula is C13H26N2O7P-. The smallest absolute Gasteiger partial charge is 0.315 e. The number of carbonyl (C=O) groups excluding carboxylic acids is 3. The molecule has 136 valence electrons. The molecule has 0 aliphatic rings. The summed E-state index contributed by atoms with van der Waals surface area (Å²) in [6.45, 7) is 2.86. The number of urea groups is 1. The van der Waals surface area contributed by atoms with E-state index in [1.165, 1.54) is 13.8 Å². The monoisotopic (exact) mass is 353 g/mol. The molecule has 2 N–H and O–H groups in total. The molecule has 0 bridgehead atoms. The summed E-state index contributed by atoms with van der Waals surface area (Å²) < 4.78 is 19.5. The van der Waals surface area contributed by atoms with Gasteiger partial charge in [0.15, 0.2) is 5.78 Å². The van der Waals surface area contributed by atoms with E-state index in [-0.39, 0.29) is 38.6 Å². The van der Waals surface area contributed by atoms with Crippen molar-refractivity contribution in [2.45, 2.75) is 46.6 Å². The molecule has 0 aliphatic carbocycles. The average molecular weight is 353 g/mol. The molecule has 2 amide bonds. The van der Waals surface area contributed by atoms with Gasteiger partial charge in [0.05, 0.1) is 12.6 Å². The Kier molecular flexibility index (Phi) is 12.7. The molecule has 2 atom stereocenters. The minimum Gasteiger partial charge on any atom is -0.756 e. The molecule has 0 radical (unpaired) electrons. The Hall–Kier alpha value is -1.28. The van der Waals surface area contributed by atoms with Gasteiger partial charge in [0.2, 0.25) is 0 Å². The number of carbonyl (C=O) groups is 3. The van der Waals surface area contributed by atoms with Crippen molar-refractivity contribution in [1.29, 1.82) is 0 Å². The molecule has 0 fully saturated rings. The van der Waals surface area contributed by atoms with Gasteiger partial charge in [0.25, 0.3) is 7.82 Å². The van der Waals surface area contributed by atoms with Crippen LogP contribution in [0.25, 0.3) is 0 Å². The lowest BCUT2D eigenvalue weighted by Gasteiger charge is -2.20. The number of nitrogens with one attached hydrogen (secondary N) is 2. The summed E-state index contributed by atoms with van der Waals surface area (Å²) >= 11 is 0. The summed E-state index contributed by atoms with van der Waals surface area (Å²) in [6, 6.07) is -1.40. The first-order chi connectivity index (χ1) is 10.2. The van der Waals surface area contributed by atoms with Gasteiger partial charge in [-0.2, -0.15) is 0 Å². The zero-order valence-corrected chi connectivity index (χ0v) is 13.8. The quantitative estimate of drug-likeness (QED) is 0.414. The van der Waals surface area contributed by atoms with Gasteiger partial charge < -0.3 is 24.6 Å². The third-order valence-electron chi connectivity index (χ3n) is 2.62. The molecule has 0 spiro atoms. The van der Waals surface area contributed by atoms with Gasteiger partial charge in [-0.1, -0.05) is 7.43 Å². The van der Waals surface area contributed by atoms with Crippen molar-refractivity contribution in [3.05, 3.63) is 0 Å². The Bertz CT molecular complexity index is 442. The van der Waals surface area contributed by atoms with E-state index >= 15 is 0 Å². The van der Waals surface area contributed by atoms with Crippen molar-refractivity contribution < 1.29 is 32.9 Å². The standard InChI is InChI=1S/C12H23N2O7P.CH4/c1-9(15)8-11(10(2)16)14-12(17)13-6-4-5-7-21-22(18,19)20-3;/h11H,4-8H2,1-3H3,(H,18,19)(H2,13,14,17);1H4/p-1. The molecule has 0 rings (SSSR count). The second-order valence-corrected chi connectivity index (χ2v) is 6.16. The lowest BCUT2D eigenvalue weighted by molar-refractivity contribution is -0.223. The maximum atomic E-state index is 11.5. The molecule has 0 aliphatic heterocycles. The fourth-order valence-corrected chi connectivity index (χ4v) is 1.91. The number of hydrogen-bond acceptors (Lipinski definition) is 7. The van der Waals surface area contributed by atoms with E-state index in [1.54, 1.807) is 0 Å². The summed E-state index contributed by atoms with van der Waals surface area (Å²) in [5.74, 6) is -0.498. The SMILES string of the molecule is C.COP(=O)([O-])OCCCCNC(=O)NC(CC(C)=O)C(C)=O. The van der Waals surface area contributed by atoms with Gasteiger partial charge in [0.1, 0.15) is 5.78 Å². The molecule has 0 aromatic heterocycles. The van der Waals surface area contributed by atoms with Crippen LogP contribution in [0.1, 0.15) is 40.5 Å². The van der Waals surface area contributed by atoms with Crippen molar-refractivity contribution in [1.82, 2.24) is 10.6 Å². The predicted octanol–water partition coefficient (Wildman–Crippen LogP) is 0.770. The first-order valence-electron chi connectivity index (χ1n) is 6.73. The maximum Gasteiger partial charge on any atom is 0.315 e.